The van der Waals surface area contributed by atoms with E-state index in [0.717, 1.165) is 17.3 Å². The molecule has 4 rings (SSSR count). The van der Waals surface area contributed by atoms with E-state index < -0.39 is 17.2 Å². The van der Waals surface area contributed by atoms with E-state index in [1.165, 1.54) is 12.1 Å². The van der Waals surface area contributed by atoms with Gasteiger partial charge in [-0.3, -0.25) is 4.79 Å². The van der Waals surface area contributed by atoms with E-state index in [9.17, 15) is 13.6 Å². The highest BCUT2D eigenvalue weighted by atomic mass is 35.5. The lowest BCUT2D eigenvalue weighted by Crippen LogP contribution is -2.21. The second-order valence-electron chi connectivity index (χ2n) is 6.65. The Labute approximate surface area is 170 Å². The maximum atomic E-state index is 14.3. The van der Waals surface area contributed by atoms with Crippen LogP contribution in [0.3, 0.4) is 0 Å². The number of benzene rings is 2. The molecule has 0 bridgehead atoms. The molecule has 4 aromatic rings. The maximum absolute atomic E-state index is 14.3. The number of hydrogen-bond donors (Lipinski definition) is 1. The predicted molar refractivity (Wildman–Crippen MR) is 111 cm³/mol. The van der Waals surface area contributed by atoms with Crippen LogP contribution in [-0.2, 0) is 6.54 Å². The van der Waals surface area contributed by atoms with Gasteiger partial charge in [0.25, 0.3) is 0 Å². The molecule has 2 heterocycles. The summed E-state index contributed by atoms with van der Waals surface area (Å²) in [5.41, 5.74) is 1.54. The molecule has 0 aliphatic heterocycles. The summed E-state index contributed by atoms with van der Waals surface area (Å²) in [5, 5.41) is 0.967. The summed E-state index contributed by atoms with van der Waals surface area (Å²) in [6, 6.07) is 14.9. The van der Waals surface area contributed by atoms with Crippen molar-refractivity contribution < 1.29 is 8.78 Å². The lowest BCUT2D eigenvalue weighted by atomic mass is 10.1. The Morgan fingerprint density at radius 3 is 2.69 bits per heavy atom. The smallest absolute Gasteiger partial charge is 0.248 e. The number of aryl methyl sites for hydroxylation is 1. The van der Waals surface area contributed by atoms with E-state index in [4.69, 9.17) is 11.6 Å². The Bertz CT molecular complexity index is 1270. The molecule has 0 saturated carbocycles. The Hall–Kier alpha value is -3.25. The summed E-state index contributed by atoms with van der Waals surface area (Å²) >= 11 is 6.18. The summed E-state index contributed by atoms with van der Waals surface area (Å²) < 4.78 is 27.9. The highest BCUT2D eigenvalue weighted by molar-refractivity contribution is 6.30. The van der Waals surface area contributed by atoms with Crippen molar-refractivity contribution in [3.63, 3.8) is 0 Å². The fourth-order valence-electron chi connectivity index (χ4n) is 3.33. The van der Waals surface area contributed by atoms with E-state index in [1.807, 2.05) is 36.1 Å². The number of fused-ring (bicyclic) bond motifs is 1. The van der Waals surface area contributed by atoms with E-state index in [-0.39, 0.29) is 12.1 Å². The van der Waals surface area contributed by atoms with Gasteiger partial charge in [0.05, 0.1) is 12.1 Å². The van der Waals surface area contributed by atoms with Crippen molar-refractivity contribution in [2.45, 2.75) is 13.5 Å². The molecule has 0 saturated heterocycles. The molecule has 7 heteroatoms. The van der Waals surface area contributed by atoms with Crippen molar-refractivity contribution in [1.82, 2.24) is 9.97 Å². The van der Waals surface area contributed by atoms with Gasteiger partial charge in [-0.05, 0) is 54.4 Å². The molecule has 2 aromatic heterocycles. The van der Waals surface area contributed by atoms with Crippen LogP contribution in [0.5, 0.6) is 0 Å². The first-order valence-corrected chi connectivity index (χ1v) is 9.26. The molecule has 0 aliphatic rings. The molecule has 0 spiro atoms. The van der Waals surface area contributed by atoms with E-state index in [0.29, 0.717) is 21.8 Å². The van der Waals surface area contributed by atoms with Gasteiger partial charge in [-0.15, -0.1) is 0 Å². The third-order valence-corrected chi connectivity index (χ3v) is 4.92. The first-order valence-electron chi connectivity index (χ1n) is 8.88. The number of hydrogen-bond acceptors (Lipinski definition) is 3. The number of rotatable bonds is 4. The molecule has 0 fully saturated rings. The molecule has 1 N–H and O–H groups in total. The topological polar surface area (TPSA) is 49.0 Å². The SMILES string of the molecule is Cc1cccnc1N(Cc1cc(=O)[nH]c2c(F)c(F)ccc12)c1cccc(Cl)c1. The monoisotopic (exact) mass is 411 g/mol. The summed E-state index contributed by atoms with van der Waals surface area (Å²) in [7, 11) is 0. The predicted octanol–water partition coefficient (Wildman–Crippen LogP) is 5.50. The van der Waals surface area contributed by atoms with Crippen molar-refractivity contribution in [2.75, 3.05) is 4.90 Å². The molecular weight excluding hydrogens is 396 g/mol. The standard InChI is InChI=1S/C22H16ClF2N3O/c1-13-4-3-9-26-22(13)28(16-6-2-5-15(23)11-16)12-14-10-19(29)27-21-17(14)7-8-18(24)20(21)25/h2-11H,12H2,1H3,(H,27,29). The zero-order valence-electron chi connectivity index (χ0n) is 15.4. The van der Waals surface area contributed by atoms with Crippen LogP contribution in [0.25, 0.3) is 10.9 Å². The zero-order valence-corrected chi connectivity index (χ0v) is 16.2. The molecule has 0 aliphatic carbocycles. The summed E-state index contributed by atoms with van der Waals surface area (Å²) in [4.78, 5) is 20.9. The van der Waals surface area contributed by atoms with Crippen molar-refractivity contribution in [1.29, 1.82) is 0 Å². The van der Waals surface area contributed by atoms with Gasteiger partial charge in [-0.25, -0.2) is 13.8 Å². The van der Waals surface area contributed by atoms with Crippen LogP contribution in [0.2, 0.25) is 5.02 Å². The molecular formula is C22H16ClF2N3O. The summed E-state index contributed by atoms with van der Waals surface area (Å²) in [6.45, 7) is 2.13. The minimum atomic E-state index is -1.08. The quantitative estimate of drug-likeness (QED) is 0.482. The zero-order chi connectivity index (χ0) is 20.5. The number of nitrogens with zero attached hydrogens (tertiary/aromatic N) is 2. The van der Waals surface area contributed by atoms with Gasteiger partial charge in [0.1, 0.15) is 5.82 Å². The van der Waals surface area contributed by atoms with E-state index in [1.54, 1.807) is 18.3 Å². The number of aromatic nitrogens is 2. The number of H-pyrrole nitrogens is 1. The molecule has 146 valence electrons. The molecule has 0 atom stereocenters. The maximum Gasteiger partial charge on any atom is 0.248 e. The Morgan fingerprint density at radius 2 is 1.93 bits per heavy atom. The van der Waals surface area contributed by atoms with Crippen LogP contribution in [0, 0.1) is 18.6 Å². The van der Waals surface area contributed by atoms with E-state index >= 15 is 0 Å². The Kier molecular flexibility index (Phi) is 5.03. The number of nitrogens with one attached hydrogen (secondary N) is 1. The van der Waals surface area contributed by atoms with Crippen LogP contribution >= 0.6 is 11.6 Å². The second kappa shape index (κ2) is 7.64. The minimum absolute atomic E-state index is 0.156. The first-order chi connectivity index (χ1) is 13.9. The van der Waals surface area contributed by atoms with Crippen LogP contribution in [0.1, 0.15) is 11.1 Å². The van der Waals surface area contributed by atoms with Gasteiger partial charge in [0.2, 0.25) is 5.56 Å². The van der Waals surface area contributed by atoms with Crippen molar-refractivity contribution in [3.05, 3.63) is 98.9 Å². The van der Waals surface area contributed by atoms with Crippen LogP contribution in [0.4, 0.5) is 20.3 Å². The number of pyridine rings is 2. The Balaban J connectivity index is 1.91. The number of halogens is 3. The van der Waals surface area contributed by atoms with Gasteiger partial charge in [-0.2, -0.15) is 0 Å². The lowest BCUT2D eigenvalue weighted by molar-refractivity contribution is 0.515. The number of anilines is 2. The largest absolute Gasteiger partial charge is 0.322 e. The first kappa shape index (κ1) is 19.1. The molecule has 4 nitrogen and oxygen atoms in total. The molecule has 0 unspecified atom stereocenters. The fourth-order valence-corrected chi connectivity index (χ4v) is 3.51. The number of aromatic amines is 1. The average molecular weight is 412 g/mol. The van der Waals surface area contributed by atoms with Gasteiger partial charge in [0.15, 0.2) is 11.6 Å². The van der Waals surface area contributed by atoms with Crippen LogP contribution in [0.15, 0.2) is 65.6 Å². The fraction of sp³-hybridized carbons (Fsp3) is 0.0909. The normalized spacial score (nSPS) is 11.0. The second-order valence-corrected chi connectivity index (χ2v) is 7.09. The molecule has 29 heavy (non-hydrogen) atoms. The highest BCUT2D eigenvalue weighted by Gasteiger charge is 2.18. The van der Waals surface area contributed by atoms with Crippen LogP contribution in [-0.4, -0.2) is 9.97 Å². The average Bonchev–Trinajstić information content (AvgIpc) is 2.70. The van der Waals surface area contributed by atoms with Crippen LogP contribution < -0.4 is 10.5 Å². The minimum Gasteiger partial charge on any atom is -0.322 e. The van der Waals surface area contributed by atoms with E-state index in [2.05, 4.69) is 9.97 Å². The van der Waals surface area contributed by atoms with Gasteiger partial charge in [0, 0.05) is 28.4 Å². The highest BCUT2D eigenvalue weighted by Crippen LogP contribution is 2.31. The Morgan fingerprint density at radius 1 is 1.10 bits per heavy atom. The van der Waals surface area contributed by atoms with Crippen molar-refractivity contribution in [2.24, 2.45) is 0 Å². The molecule has 0 amide bonds. The molecule has 0 radical (unpaired) electrons. The summed E-state index contributed by atoms with van der Waals surface area (Å²) in [5.74, 6) is -1.42. The van der Waals surface area contributed by atoms with Crippen molar-refractivity contribution >= 4 is 34.0 Å². The third kappa shape index (κ3) is 3.71. The van der Waals surface area contributed by atoms with Gasteiger partial charge in [-0.1, -0.05) is 23.7 Å². The summed E-state index contributed by atoms with van der Waals surface area (Å²) in [6.07, 6.45) is 1.67. The molecule has 2 aromatic carbocycles. The van der Waals surface area contributed by atoms with Crippen molar-refractivity contribution in [3.8, 4) is 0 Å². The lowest BCUT2D eigenvalue weighted by Gasteiger charge is -2.26. The van der Waals surface area contributed by atoms with Gasteiger partial charge >= 0.3 is 0 Å². The van der Waals surface area contributed by atoms with Gasteiger partial charge < -0.3 is 9.88 Å². The third-order valence-electron chi connectivity index (χ3n) is 4.68.